The number of nitrogens with one attached hydrogen (secondary N) is 2. The third-order valence-electron chi connectivity index (χ3n) is 1.99. The van der Waals surface area contributed by atoms with Crippen molar-refractivity contribution >= 4 is 6.09 Å². The summed E-state index contributed by atoms with van der Waals surface area (Å²) in [4.78, 5) is 11.0. The van der Waals surface area contributed by atoms with Gasteiger partial charge in [-0.3, -0.25) is 0 Å². The molecule has 0 unspecified atom stereocenters. The van der Waals surface area contributed by atoms with Gasteiger partial charge < -0.3 is 21.1 Å². The maximum absolute atomic E-state index is 11.0. The Morgan fingerprint density at radius 1 is 1.20 bits per heavy atom. The molecule has 0 aliphatic heterocycles. The second-order valence-corrected chi connectivity index (χ2v) is 3.37. The predicted molar refractivity (Wildman–Crippen MR) is 60.8 cm³/mol. The van der Waals surface area contributed by atoms with Crippen LogP contribution < -0.4 is 16.4 Å². The van der Waals surface area contributed by atoms with Crippen molar-refractivity contribution < 1.29 is 9.53 Å². The topological polar surface area (TPSA) is 76.4 Å². The van der Waals surface area contributed by atoms with Gasteiger partial charge >= 0.3 is 6.09 Å². The van der Waals surface area contributed by atoms with E-state index in [9.17, 15) is 4.79 Å². The fraction of sp³-hybridized carbons (Fsp3) is 0.900. The largest absolute Gasteiger partial charge is 0.448 e. The molecule has 5 heteroatoms. The Hall–Kier alpha value is -0.810. The highest BCUT2D eigenvalue weighted by molar-refractivity contribution is 5.66. The molecule has 0 heterocycles. The number of ether oxygens (including phenoxy) is 1. The Labute approximate surface area is 91.7 Å². The summed E-state index contributed by atoms with van der Waals surface area (Å²) in [6, 6.07) is 0. The van der Waals surface area contributed by atoms with Crippen molar-refractivity contribution in [3.63, 3.8) is 0 Å². The lowest BCUT2D eigenvalue weighted by Gasteiger charge is -2.06. The molecule has 90 valence electrons. The zero-order valence-corrected chi connectivity index (χ0v) is 9.55. The van der Waals surface area contributed by atoms with E-state index in [4.69, 9.17) is 10.5 Å². The van der Waals surface area contributed by atoms with Crippen molar-refractivity contribution in [3.8, 4) is 0 Å². The van der Waals surface area contributed by atoms with Gasteiger partial charge in [-0.05, 0) is 26.4 Å². The number of carbonyl (C=O) groups excluding carboxylic acids is 1. The molecule has 0 spiro atoms. The number of rotatable bonds is 9. The maximum Gasteiger partial charge on any atom is 0.407 e. The van der Waals surface area contributed by atoms with E-state index in [0.717, 1.165) is 32.2 Å². The molecule has 1 amide bonds. The maximum atomic E-state index is 11.0. The normalized spacial score (nSPS) is 10.0. The zero-order valence-electron chi connectivity index (χ0n) is 9.55. The minimum Gasteiger partial charge on any atom is -0.448 e. The summed E-state index contributed by atoms with van der Waals surface area (Å²) in [6.45, 7) is 2.53. The summed E-state index contributed by atoms with van der Waals surface area (Å²) in [5.74, 6) is 0. The first kappa shape index (κ1) is 14.2. The molecule has 0 saturated heterocycles. The van der Waals surface area contributed by atoms with Gasteiger partial charge in [0.2, 0.25) is 0 Å². The molecule has 15 heavy (non-hydrogen) atoms. The number of likely N-dealkylation sites (N-methyl/N-ethyl adjacent to an activating group) is 1. The molecule has 0 bridgehead atoms. The monoisotopic (exact) mass is 217 g/mol. The minimum atomic E-state index is -0.330. The molecular formula is C10H23N3O2. The van der Waals surface area contributed by atoms with Gasteiger partial charge in [-0.1, -0.05) is 12.8 Å². The number of hydrogen-bond donors (Lipinski definition) is 3. The van der Waals surface area contributed by atoms with E-state index in [2.05, 4.69) is 10.6 Å². The molecule has 0 aromatic heterocycles. The average Bonchev–Trinajstić information content (AvgIpc) is 2.23. The van der Waals surface area contributed by atoms with E-state index in [1.165, 1.54) is 0 Å². The van der Waals surface area contributed by atoms with Crippen molar-refractivity contribution in [2.75, 3.05) is 33.3 Å². The van der Waals surface area contributed by atoms with Gasteiger partial charge in [-0.15, -0.1) is 0 Å². The minimum absolute atomic E-state index is 0.330. The Balaban J connectivity index is 3.10. The average molecular weight is 217 g/mol. The Morgan fingerprint density at radius 3 is 2.60 bits per heavy atom. The lowest BCUT2D eigenvalue weighted by Crippen LogP contribution is -2.27. The fourth-order valence-corrected chi connectivity index (χ4v) is 1.11. The highest BCUT2D eigenvalue weighted by Gasteiger charge is 1.99. The van der Waals surface area contributed by atoms with Gasteiger partial charge in [0.1, 0.15) is 6.61 Å². The van der Waals surface area contributed by atoms with Crippen LogP contribution in [-0.4, -0.2) is 39.4 Å². The van der Waals surface area contributed by atoms with Crippen LogP contribution in [0.5, 0.6) is 0 Å². The number of unbranched alkanes of at least 4 members (excludes halogenated alkanes) is 3. The van der Waals surface area contributed by atoms with Crippen molar-refractivity contribution in [2.45, 2.75) is 25.7 Å². The third-order valence-corrected chi connectivity index (χ3v) is 1.99. The number of carbonyl (C=O) groups is 1. The van der Waals surface area contributed by atoms with Crippen LogP contribution in [0.3, 0.4) is 0 Å². The van der Waals surface area contributed by atoms with Gasteiger partial charge in [0, 0.05) is 13.1 Å². The van der Waals surface area contributed by atoms with Crippen LogP contribution in [0.15, 0.2) is 0 Å². The summed E-state index contributed by atoms with van der Waals surface area (Å²) >= 11 is 0. The summed E-state index contributed by atoms with van der Waals surface area (Å²) < 4.78 is 4.88. The van der Waals surface area contributed by atoms with Gasteiger partial charge in [-0.25, -0.2) is 4.79 Å². The first-order chi connectivity index (χ1) is 7.31. The standard InChI is InChI=1S/C10H23N3O2/c1-12-8-9-15-10(14)13-7-5-3-2-4-6-11/h12H,2-9,11H2,1H3,(H,13,14). The number of amides is 1. The Morgan fingerprint density at radius 2 is 1.93 bits per heavy atom. The van der Waals surface area contributed by atoms with Gasteiger partial charge in [0.25, 0.3) is 0 Å². The summed E-state index contributed by atoms with van der Waals surface area (Å²) in [6.07, 6.45) is 3.96. The molecular weight excluding hydrogens is 194 g/mol. The van der Waals surface area contributed by atoms with E-state index < -0.39 is 0 Å². The summed E-state index contributed by atoms with van der Waals surface area (Å²) in [5.41, 5.74) is 5.36. The van der Waals surface area contributed by atoms with Crippen molar-refractivity contribution in [3.05, 3.63) is 0 Å². The van der Waals surface area contributed by atoms with Gasteiger partial charge in [0.15, 0.2) is 0 Å². The third kappa shape index (κ3) is 11.1. The quantitative estimate of drug-likeness (QED) is 0.490. The van der Waals surface area contributed by atoms with Crippen LogP contribution in [0.4, 0.5) is 4.79 Å². The van der Waals surface area contributed by atoms with Gasteiger partial charge in [-0.2, -0.15) is 0 Å². The molecule has 0 atom stereocenters. The Kier molecular flexibility index (Phi) is 10.7. The van der Waals surface area contributed by atoms with Gasteiger partial charge in [0.05, 0.1) is 0 Å². The molecule has 4 N–H and O–H groups in total. The number of alkyl carbamates (subject to hydrolysis) is 1. The molecule has 0 aliphatic carbocycles. The van der Waals surface area contributed by atoms with E-state index in [1.807, 2.05) is 7.05 Å². The molecule has 5 nitrogen and oxygen atoms in total. The first-order valence-corrected chi connectivity index (χ1v) is 5.56. The number of hydrogen-bond acceptors (Lipinski definition) is 4. The molecule has 0 radical (unpaired) electrons. The lowest BCUT2D eigenvalue weighted by molar-refractivity contribution is 0.147. The molecule has 0 fully saturated rings. The van der Waals surface area contributed by atoms with Crippen molar-refractivity contribution in [1.82, 2.24) is 10.6 Å². The zero-order chi connectivity index (χ0) is 11.4. The second kappa shape index (κ2) is 11.3. The molecule has 0 aliphatic rings. The van der Waals surface area contributed by atoms with Crippen LogP contribution in [0.1, 0.15) is 25.7 Å². The smallest absolute Gasteiger partial charge is 0.407 e. The first-order valence-electron chi connectivity index (χ1n) is 5.56. The van der Waals surface area contributed by atoms with Crippen LogP contribution >= 0.6 is 0 Å². The van der Waals surface area contributed by atoms with Crippen LogP contribution in [0, 0.1) is 0 Å². The second-order valence-electron chi connectivity index (χ2n) is 3.37. The van der Waals surface area contributed by atoms with E-state index >= 15 is 0 Å². The molecule has 0 aromatic rings. The fourth-order valence-electron chi connectivity index (χ4n) is 1.11. The van der Waals surface area contributed by atoms with Crippen molar-refractivity contribution in [2.24, 2.45) is 5.73 Å². The SMILES string of the molecule is CNCCOC(=O)NCCCCCCN. The summed E-state index contributed by atoms with van der Waals surface area (Å²) in [7, 11) is 1.82. The highest BCUT2D eigenvalue weighted by Crippen LogP contribution is 1.96. The lowest BCUT2D eigenvalue weighted by atomic mass is 10.2. The molecule has 0 saturated carbocycles. The number of nitrogens with two attached hydrogens (primary N) is 1. The van der Waals surface area contributed by atoms with Crippen LogP contribution in [0.2, 0.25) is 0 Å². The van der Waals surface area contributed by atoms with E-state index in [0.29, 0.717) is 19.7 Å². The molecule has 0 aromatic carbocycles. The van der Waals surface area contributed by atoms with E-state index in [-0.39, 0.29) is 6.09 Å². The highest BCUT2D eigenvalue weighted by atomic mass is 16.5. The summed E-state index contributed by atoms with van der Waals surface area (Å²) in [5, 5.41) is 5.59. The Bertz CT molecular complexity index is 154. The van der Waals surface area contributed by atoms with Crippen LogP contribution in [0.25, 0.3) is 0 Å². The predicted octanol–water partition coefficient (Wildman–Crippen LogP) is 0.451. The van der Waals surface area contributed by atoms with E-state index in [1.54, 1.807) is 0 Å². The molecule has 0 rings (SSSR count). The van der Waals surface area contributed by atoms with Crippen LogP contribution in [-0.2, 0) is 4.74 Å². The van der Waals surface area contributed by atoms with Crippen molar-refractivity contribution in [1.29, 1.82) is 0 Å².